The topological polar surface area (TPSA) is 46.0 Å². The third-order valence-corrected chi connectivity index (χ3v) is 3.97. The zero-order chi connectivity index (χ0) is 13.2. The summed E-state index contributed by atoms with van der Waals surface area (Å²) >= 11 is 1.61. The first-order valence-corrected chi connectivity index (χ1v) is 7.04. The molecule has 1 N–H and O–H groups in total. The molecule has 2 heterocycles. The number of hydrogen-bond acceptors (Lipinski definition) is 4. The van der Waals surface area contributed by atoms with Crippen molar-refractivity contribution in [2.24, 2.45) is 0 Å². The smallest absolute Gasteiger partial charge is 0.0897 e. The second kappa shape index (κ2) is 5.07. The second-order valence-corrected chi connectivity index (χ2v) is 5.58. The average molecular weight is 270 g/mol. The molecule has 1 unspecified atom stereocenters. The Hall–Kier alpha value is -1.78. The fourth-order valence-electron chi connectivity index (χ4n) is 2.24. The Labute approximate surface area is 115 Å². The standard InChI is InChI=1S/C15H14N2OS/c1-10-17-12(9-19-10)7-15(18)13-4-2-3-11-5-6-16-8-14(11)13/h2-6,8-9,15,18H,7H2,1H3. The minimum absolute atomic E-state index is 0.540. The summed E-state index contributed by atoms with van der Waals surface area (Å²) in [6, 6.07) is 7.90. The van der Waals surface area contributed by atoms with Crippen molar-refractivity contribution in [2.45, 2.75) is 19.4 Å². The number of aryl methyl sites for hydroxylation is 1. The molecule has 0 radical (unpaired) electrons. The number of aromatic nitrogens is 2. The van der Waals surface area contributed by atoms with Crippen molar-refractivity contribution < 1.29 is 5.11 Å². The average Bonchev–Trinajstić information content (AvgIpc) is 2.83. The highest BCUT2D eigenvalue weighted by molar-refractivity contribution is 7.09. The summed E-state index contributed by atoms with van der Waals surface area (Å²) in [5.74, 6) is 0. The maximum Gasteiger partial charge on any atom is 0.0897 e. The molecule has 0 saturated heterocycles. The van der Waals surface area contributed by atoms with Crippen LogP contribution in [-0.2, 0) is 6.42 Å². The fourth-order valence-corrected chi connectivity index (χ4v) is 2.86. The third-order valence-electron chi connectivity index (χ3n) is 3.15. The molecule has 0 saturated carbocycles. The zero-order valence-corrected chi connectivity index (χ0v) is 11.4. The van der Waals surface area contributed by atoms with Gasteiger partial charge in [-0.05, 0) is 23.9 Å². The molecule has 0 fully saturated rings. The van der Waals surface area contributed by atoms with E-state index in [9.17, 15) is 5.11 Å². The number of pyridine rings is 1. The molecule has 0 aliphatic carbocycles. The molecule has 3 aromatic rings. The van der Waals surface area contributed by atoms with Crippen LogP contribution >= 0.6 is 11.3 Å². The van der Waals surface area contributed by atoms with Crippen LogP contribution in [0.3, 0.4) is 0 Å². The van der Waals surface area contributed by atoms with Gasteiger partial charge in [-0.1, -0.05) is 18.2 Å². The van der Waals surface area contributed by atoms with Crippen LogP contribution < -0.4 is 0 Å². The van der Waals surface area contributed by atoms with Crippen LogP contribution in [0.15, 0.2) is 42.0 Å². The van der Waals surface area contributed by atoms with Gasteiger partial charge in [0.2, 0.25) is 0 Å². The Bertz CT molecular complexity index is 703. The number of benzene rings is 1. The summed E-state index contributed by atoms with van der Waals surface area (Å²) in [6.45, 7) is 1.97. The largest absolute Gasteiger partial charge is 0.388 e. The maximum absolute atomic E-state index is 10.4. The number of nitrogens with zero attached hydrogens (tertiary/aromatic N) is 2. The molecule has 1 atom stereocenters. The lowest BCUT2D eigenvalue weighted by Gasteiger charge is -2.12. The van der Waals surface area contributed by atoms with E-state index in [-0.39, 0.29) is 0 Å². The van der Waals surface area contributed by atoms with Gasteiger partial charge in [-0.25, -0.2) is 4.98 Å². The van der Waals surface area contributed by atoms with Gasteiger partial charge >= 0.3 is 0 Å². The van der Waals surface area contributed by atoms with Crippen molar-refractivity contribution in [3.05, 3.63) is 58.3 Å². The Kier molecular flexibility index (Phi) is 3.27. The van der Waals surface area contributed by atoms with Gasteiger partial charge in [0.15, 0.2) is 0 Å². The molecule has 0 bridgehead atoms. The Morgan fingerprint density at radius 1 is 1.32 bits per heavy atom. The van der Waals surface area contributed by atoms with Crippen molar-refractivity contribution >= 4 is 22.1 Å². The number of hydrogen-bond donors (Lipinski definition) is 1. The van der Waals surface area contributed by atoms with Crippen LogP contribution in [0.2, 0.25) is 0 Å². The molecule has 0 aliphatic rings. The molecule has 4 heteroatoms. The minimum Gasteiger partial charge on any atom is -0.388 e. The lowest BCUT2D eigenvalue weighted by molar-refractivity contribution is 0.179. The molecule has 0 spiro atoms. The van der Waals surface area contributed by atoms with Crippen molar-refractivity contribution in [1.29, 1.82) is 0 Å². The summed E-state index contributed by atoms with van der Waals surface area (Å²) in [6.07, 6.45) is 3.57. The highest BCUT2D eigenvalue weighted by atomic mass is 32.1. The molecule has 19 heavy (non-hydrogen) atoms. The van der Waals surface area contributed by atoms with E-state index in [2.05, 4.69) is 9.97 Å². The summed E-state index contributed by atoms with van der Waals surface area (Å²) < 4.78 is 0. The lowest BCUT2D eigenvalue weighted by Crippen LogP contribution is -2.03. The van der Waals surface area contributed by atoms with Crippen molar-refractivity contribution in [1.82, 2.24) is 9.97 Å². The number of thiazole rings is 1. The minimum atomic E-state index is -0.547. The molecular weight excluding hydrogens is 256 g/mol. The van der Waals surface area contributed by atoms with E-state index in [0.717, 1.165) is 27.0 Å². The van der Waals surface area contributed by atoms with Crippen LogP contribution in [0, 0.1) is 6.92 Å². The quantitative estimate of drug-likeness (QED) is 0.794. The van der Waals surface area contributed by atoms with Gasteiger partial charge < -0.3 is 5.11 Å². The highest BCUT2D eigenvalue weighted by Gasteiger charge is 2.13. The normalized spacial score (nSPS) is 12.7. The highest BCUT2D eigenvalue weighted by Crippen LogP contribution is 2.26. The fraction of sp³-hybridized carbons (Fsp3) is 0.200. The number of aliphatic hydroxyl groups excluding tert-OH is 1. The monoisotopic (exact) mass is 270 g/mol. The van der Waals surface area contributed by atoms with Crippen LogP contribution in [0.1, 0.15) is 22.4 Å². The van der Waals surface area contributed by atoms with E-state index in [1.807, 2.05) is 36.6 Å². The lowest BCUT2D eigenvalue weighted by atomic mass is 9.99. The Balaban J connectivity index is 1.95. The van der Waals surface area contributed by atoms with Crippen LogP contribution in [0.4, 0.5) is 0 Å². The summed E-state index contributed by atoms with van der Waals surface area (Å²) in [4.78, 5) is 8.54. The molecular formula is C15H14N2OS. The van der Waals surface area contributed by atoms with Gasteiger partial charge in [0.25, 0.3) is 0 Å². The molecule has 2 aromatic heterocycles. The number of rotatable bonds is 3. The Morgan fingerprint density at radius 2 is 2.21 bits per heavy atom. The summed E-state index contributed by atoms with van der Waals surface area (Å²) in [5.41, 5.74) is 1.85. The molecule has 3 nitrogen and oxygen atoms in total. The van der Waals surface area contributed by atoms with Gasteiger partial charge in [0, 0.05) is 29.6 Å². The van der Waals surface area contributed by atoms with Gasteiger partial charge in [-0.15, -0.1) is 11.3 Å². The van der Waals surface area contributed by atoms with Crippen molar-refractivity contribution in [3.8, 4) is 0 Å². The maximum atomic E-state index is 10.4. The van der Waals surface area contributed by atoms with Crippen molar-refractivity contribution in [2.75, 3.05) is 0 Å². The Morgan fingerprint density at radius 3 is 3.00 bits per heavy atom. The van der Waals surface area contributed by atoms with Gasteiger partial charge in [0.05, 0.1) is 16.8 Å². The molecule has 1 aromatic carbocycles. The molecule has 0 aliphatic heterocycles. The SMILES string of the molecule is Cc1nc(CC(O)c2cccc3ccncc23)cs1. The van der Waals surface area contributed by atoms with Crippen LogP contribution in [0.5, 0.6) is 0 Å². The molecule has 0 amide bonds. The van der Waals surface area contributed by atoms with E-state index < -0.39 is 6.10 Å². The molecule has 96 valence electrons. The second-order valence-electron chi connectivity index (χ2n) is 4.52. The number of aliphatic hydroxyl groups is 1. The summed E-state index contributed by atoms with van der Waals surface area (Å²) in [5, 5.41) is 15.6. The van der Waals surface area contributed by atoms with Gasteiger partial charge in [0.1, 0.15) is 0 Å². The van der Waals surface area contributed by atoms with Gasteiger partial charge in [-0.2, -0.15) is 0 Å². The first-order chi connectivity index (χ1) is 9.24. The third kappa shape index (κ3) is 2.50. The zero-order valence-electron chi connectivity index (χ0n) is 10.6. The van der Waals surface area contributed by atoms with E-state index in [4.69, 9.17) is 0 Å². The van der Waals surface area contributed by atoms with Crippen LogP contribution in [0.25, 0.3) is 10.8 Å². The number of fused-ring (bicyclic) bond motifs is 1. The van der Waals surface area contributed by atoms with E-state index in [1.165, 1.54) is 0 Å². The van der Waals surface area contributed by atoms with Gasteiger partial charge in [-0.3, -0.25) is 4.98 Å². The van der Waals surface area contributed by atoms with E-state index >= 15 is 0 Å². The summed E-state index contributed by atoms with van der Waals surface area (Å²) in [7, 11) is 0. The van der Waals surface area contributed by atoms with E-state index in [0.29, 0.717) is 6.42 Å². The predicted molar refractivity (Wildman–Crippen MR) is 77.3 cm³/mol. The molecule has 3 rings (SSSR count). The van der Waals surface area contributed by atoms with E-state index in [1.54, 1.807) is 23.7 Å². The van der Waals surface area contributed by atoms with Crippen LogP contribution in [-0.4, -0.2) is 15.1 Å². The first-order valence-electron chi connectivity index (χ1n) is 6.16. The predicted octanol–water partition coefficient (Wildman–Crippen LogP) is 3.28. The first kappa shape index (κ1) is 12.3. The van der Waals surface area contributed by atoms with Crippen molar-refractivity contribution in [3.63, 3.8) is 0 Å².